The Bertz CT molecular complexity index is 318. The Labute approximate surface area is 102 Å². The van der Waals surface area contributed by atoms with Crippen LogP contribution in [0.25, 0.3) is 0 Å². The largest absolute Gasteiger partial charge is 0.481 e. The molecule has 0 bridgehead atoms. The molecule has 1 N–H and O–H groups in total. The van der Waals surface area contributed by atoms with Crippen LogP contribution < -0.4 is 10.1 Å². The highest BCUT2D eigenvalue weighted by molar-refractivity contribution is 6.20. The van der Waals surface area contributed by atoms with Crippen molar-refractivity contribution in [2.75, 3.05) is 13.7 Å². The number of nitrogens with zero attached hydrogens (tertiary/aromatic N) is 1. The van der Waals surface area contributed by atoms with E-state index in [2.05, 4.69) is 24.1 Å². The van der Waals surface area contributed by atoms with Gasteiger partial charge in [0.1, 0.15) is 0 Å². The highest BCUT2D eigenvalue weighted by Crippen LogP contribution is 2.09. The molecule has 1 aromatic rings. The predicted molar refractivity (Wildman–Crippen MR) is 67.0 cm³/mol. The van der Waals surface area contributed by atoms with E-state index in [-0.39, 0.29) is 5.38 Å². The molecule has 3 nitrogen and oxygen atoms in total. The van der Waals surface area contributed by atoms with Gasteiger partial charge in [-0.1, -0.05) is 19.9 Å². The lowest BCUT2D eigenvalue weighted by molar-refractivity contribution is 0.395. The molecular weight excluding hydrogens is 224 g/mol. The zero-order valence-electron chi connectivity index (χ0n) is 10.0. The number of hydrogen-bond acceptors (Lipinski definition) is 3. The summed E-state index contributed by atoms with van der Waals surface area (Å²) in [5, 5.41) is 3.44. The van der Waals surface area contributed by atoms with E-state index >= 15 is 0 Å². The van der Waals surface area contributed by atoms with Crippen LogP contribution in [0.1, 0.15) is 19.5 Å². The molecule has 0 radical (unpaired) electrons. The molecular formula is C12H19ClN2O. The Balaban J connectivity index is 2.37. The van der Waals surface area contributed by atoms with E-state index < -0.39 is 0 Å². The lowest BCUT2D eigenvalue weighted by atomic mass is 10.1. The molecule has 0 aliphatic heterocycles. The third-order valence-electron chi connectivity index (χ3n) is 2.36. The van der Waals surface area contributed by atoms with E-state index in [9.17, 15) is 0 Å². The fourth-order valence-corrected chi connectivity index (χ4v) is 1.35. The summed E-state index contributed by atoms with van der Waals surface area (Å²) in [6.07, 6.45) is 0. The van der Waals surface area contributed by atoms with Gasteiger partial charge < -0.3 is 10.1 Å². The molecule has 1 aromatic heterocycles. The van der Waals surface area contributed by atoms with Crippen molar-refractivity contribution in [1.29, 1.82) is 0 Å². The average molecular weight is 243 g/mol. The van der Waals surface area contributed by atoms with Crippen LogP contribution in [0.4, 0.5) is 0 Å². The van der Waals surface area contributed by atoms with Crippen LogP contribution in [0.3, 0.4) is 0 Å². The fourth-order valence-electron chi connectivity index (χ4n) is 1.24. The zero-order valence-corrected chi connectivity index (χ0v) is 10.8. The minimum atomic E-state index is 0.158. The molecule has 1 unspecified atom stereocenters. The van der Waals surface area contributed by atoms with Gasteiger partial charge >= 0.3 is 0 Å². The molecule has 0 aliphatic rings. The number of methoxy groups -OCH3 is 1. The SMILES string of the molecule is COc1cccc(CNCC(Cl)C(C)C)n1. The van der Waals surface area contributed by atoms with E-state index in [1.165, 1.54) is 0 Å². The second kappa shape index (κ2) is 6.71. The van der Waals surface area contributed by atoms with Crippen molar-refractivity contribution in [2.45, 2.75) is 25.8 Å². The van der Waals surface area contributed by atoms with Gasteiger partial charge in [-0.15, -0.1) is 11.6 Å². The Morgan fingerprint density at radius 3 is 2.81 bits per heavy atom. The predicted octanol–water partition coefficient (Wildman–Crippen LogP) is 2.44. The minimum Gasteiger partial charge on any atom is -0.481 e. The summed E-state index contributed by atoms with van der Waals surface area (Å²) in [4.78, 5) is 4.31. The van der Waals surface area contributed by atoms with Gasteiger partial charge in [-0.25, -0.2) is 4.98 Å². The number of rotatable bonds is 6. The Kier molecular flexibility index (Phi) is 5.56. The number of alkyl halides is 1. The van der Waals surface area contributed by atoms with Crippen molar-refractivity contribution < 1.29 is 4.74 Å². The number of aromatic nitrogens is 1. The van der Waals surface area contributed by atoms with Gasteiger partial charge in [-0.3, -0.25) is 0 Å². The standard InChI is InChI=1S/C12H19ClN2O/c1-9(2)11(13)8-14-7-10-5-4-6-12(15-10)16-3/h4-6,9,11,14H,7-8H2,1-3H3. The first-order valence-corrected chi connectivity index (χ1v) is 5.92. The molecule has 0 aromatic carbocycles. The van der Waals surface area contributed by atoms with Gasteiger partial charge in [-0.05, 0) is 12.0 Å². The van der Waals surface area contributed by atoms with Crippen molar-refractivity contribution in [1.82, 2.24) is 10.3 Å². The number of nitrogens with one attached hydrogen (secondary N) is 1. The van der Waals surface area contributed by atoms with Crippen LogP contribution in [0.2, 0.25) is 0 Å². The zero-order chi connectivity index (χ0) is 12.0. The summed E-state index contributed by atoms with van der Waals surface area (Å²) < 4.78 is 5.06. The summed E-state index contributed by atoms with van der Waals surface area (Å²) in [5.41, 5.74) is 0.965. The quantitative estimate of drug-likeness (QED) is 0.779. The molecule has 0 saturated carbocycles. The van der Waals surface area contributed by atoms with Crippen molar-refractivity contribution in [2.24, 2.45) is 5.92 Å². The monoisotopic (exact) mass is 242 g/mol. The molecule has 1 heterocycles. The first-order chi connectivity index (χ1) is 7.63. The second-order valence-corrected chi connectivity index (χ2v) is 4.62. The molecule has 0 aliphatic carbocycles. The second-order valence-electron chi connectivity index (χ2n) is 4.06. The highest BCUT2D eigenvalue weighted by Gasteiger charge is 2.08. The smallest absolute Gasteiger partial charge is 0.213 e. The van der Waals surface area contributed by atoms with Crippen molar-refractivity contribution >= 4 is 11.6 Å². The highest BCUT2D eigenvalue weighted by atomic mass is 35.5. The lowest BCUT2D eigenvalue weighted by Gasteiger charge is -2.13. The average Bonchev–Trinajstić information content (AvgIpc) is 2.29. The van der Waals surface area contributed by atoms with Crippen molar-refractivity contribution in [3.05, 3.63) is 23.9 Å². The normalized spacial score (nSPS) is 12.8. The van der Waals surface area contributed by atoms with Crippen LogP contribution in [0.15, 0.2) is 18.2 Å². The topological polar surface area (TPSA) is 34.1 Å². The van der Waals surface area contributed by atoms with E-state index in [0.717, 1.165) is 12.2 Å². The Hall–Kier alpha value is -0.800. The fraction of sp³-hybridized carbons (Fsp3) is 0.583. The molecule has 0 fully saturated rings. The van der Waals surface area contributed by atoms with Gasteiger partial charge in [0.15, 0.2) is 0 Å². The van der Waals surface area contributed by atoms with E-state index in [0.29, 0.717) is 18.3 Å². The summed E-state index contributed by atoms with van der Waals surface area (Å²) in [5.74, 6) is 1.12. The summed E-state index contributed by atoms with van der Waals surface area (Å²) >= 11 is 6.13. The molecule has 0 amide bonds. The molecule has 1 atom stereocenters. The molecule has 1 rings (SSSR count). The van der Waals surface area contributed by atoms with Gasteiger partial charge in [0, 0.05) is 24.5 Å². The molecule has 0 saturated heterocycles. The molecule has 16 heavy (non-hydrogen) atoms. The van der Waals surface area contributed by atoms with Gasteiger partial charge in [0.2, 0.25) is 5.88 Å². The lowest BCUT2D eigenvalue weighted by Crippen LogP contribution is -2.26. The van der Waals surface area contributed by atoms with Crippen LogP contribution in [0, 0.1) is 5.92 Å². The number of pyridine rings is 1. The van der Waals surface area contributed by atoms with E-state index in [1.807, 2.05) is 18.2 Å². The summed E-state index contributed by atoms with van der Waals surface area (Å²) in [6.45, 7) is 5.73. The summed E-state index contributed by atoms with van der Waals surface area (Å²) in [7, 11) is 1.62. The number of ether oxygens (including phenoxy) is 1. The maximum Gasteiger partial charge on any atom is 0.213 e. The third-order valence-corrected chi connectivity index (χ3v) is 3.02. The molecule has 90 valence electrons. The Morgan fingerprint density at radius 2 is 2.19 bits per heavy atom. The van der Waals surface area contributed by atoms with Crippen LogP contribution in [0.5, 0.6) is 5.88 Å². The van der Waals surface area contributed by atoms with Crippen molar-refractivity contribution in [3.63, 3.8) is 0 Å². The van der Waals surface area contributed by atoms with Crippen LogP contribution in [-0.2, 0) is 6.54 Å². The third kappa shape index (κ3) is 4.37. The first-order valence-electron chi connectivity index (χ1n) is 5.48. The number of halogens is 1. The molecule has 0 spiro atoms. The van der Waals surface area contributed by atoms with E-state index in [4.69, 9.17) is 16.3 Å². The van der Waals surface area contributed by atoms with Crippen LogP contribution >= 0.6 is 11.6 Å². The maximum absolute atomic E-state index is 6.13. The van der Waals surface area contributed by atoms with Gasteiger partial charge in [-0.2, -0.15) is 0 Å². The van der Waals surface area contributed by atoms with Gasteiger partial charge in [0.25, 0.3) is 0 Å². The molecule has 4 heteroatoms. The van der Waals surface area contributed by atoms with Gasteiger partial charge in [0.05, 0.1) is 12.8 Å². The van der Waals surface area contributed by atoms with E-state index in [1.54, 1.807) is 7.11 Å². The van der Waals surface area contributed by atoms with Crippen LogP contribution in [-0.4, -0.2) is 24.0 Å². The first kappa shape index (κ1) is 13.3. The maximum atomic E-state index is 6.13. The summed E-state index contributed by atoms with van der Waals surface area (Å²) in [6, 6.07) is 5.74. The number of hydrogen-bond donors (Lipinski definition) is 1. The minimum absolute atomic E-state index is 0.158. The Morgan fingerprint density at radius 1 is 1.44 bits per heavy atom. The van der Waals surface area contributed by atoms with Crippen molar-refractivity contribution in [3.8, 4) is 5.88 Å².